The topological polar surface area (TPSA) is 108 Å². The number of ether oxygens (including phenoxy) is 1. The predicted molar refractivity (Wildman–Crippen MR) is 123 cm³/mol. The molecule has 0 unspecified atom stereocenters. The number of carbonyl (C=O) groups excluding carboxylic acids is 2. The van der Waals surface area contributed by atoms with E-state index in [1.165, 1.54) is 18.5 Å². The van der Waals surface area contributed by atoms with Crippen molar-refractivity contribution in [2.75, 3.05) is 18.0 Å². The van der Waals surface area contributed by atoms with Crippen LogP contribution in [0.4, 0.5) is 19.1 Å². The molecule has 1 aromatic carbocycles. The Morgan fingerprint density at radius 1 is 1.11 bits per heavy atom. The smallest absolute Gasteiger partial charge is 0.417 e. The molecular weight excluding hydrogens is 475 g/mol. The highest BCUT2D eigenvalue weighted by molar-refractivity contribution is 5.93. The zero-order valence-corrected chi connectivity index (χ0v) is 19.5. The van der Waals surface area contributed by atoms with Crippen LogP contribution < -0.4 is 15.0 Å². The van der Waals surface area contributed by atoms with Crippen LogP contribution >= 0.6 is 0 Å². The van der Waals surface area contributed by atoms with E-state index in [1.54, 1.807) is 6.07 Å². The summed E-state index contributed by atoms with van der Waals surface area (Å²) in [7, 11) is 0. The molecule has 0 bridgehead atoms. The highest BCUT2D eigenvalue weighted by atomic mass is 19.4. The molecule has 8 nitrogen and oxygen atoms in total. The second-order valence-electron chi connectivity index (χ2n) is 9.11. The van der Waals surface area contributed by atoms with Gasteiger partial charge in [0.25, 0.3) is 5.91 Å². The van der Waals surface area contributed by atoms with Gasteiger partial charge in [0.2, 0.25) is 5.95 Å². The van der Waals surface area contributed by atoms with Crippen LogP contribution in [0.1, 0.15) is 60.0 Å². The Bertz CT molecular complexity index is 1120. The maximum atomic E-state index is 13.2. The number of benzene rings is 1. The minimum Gasteiger partial charge on any atom is -0.490 e. The fourth-order valence-electron chi connectivity index (χ4n) is 4.55. The summed E-state index contributed by atoms with van der Waals surface area (Å²) >= 11 is 0. The first-order valence-corrected chi connectivity index (χ1v) is 11.9. The molecule has 36 heavy (non-hydrogen) atoms. The van der Waals surface area contributed by atoms with Crippen LogP contribution in [0, 0.1) is 17.2 Å². The molecule has 2 fully saturated rings. The number of rotatable bonds is 6. The van der Waals surface area contributed by atoms with Crippen molar-refractivity contribution in [3.05, 3.63) is 47.3 Å². The van der Waals surface area contributed by atoms with Crippen LogP contribution in [0.15, 0.2) is 30.6 Å². The molecule has 0 atom stereocenters. The van der Waals surface area contributed by atoms with Gasteiger partial charge in [-0.05, 0) is 56.7 Å². The first-order chi connectivity index (χ1) is 17.3. The summed E-state index contributed by atoms with van der Waals surface area (Å²) in [5.74, 6) is 0.396. The van der Waals surface area contributed by atoms with Crippen LogP contribution in [0.3, 0.4) is 0 Å². The van der Waals surface area contributed by atoms with Gasteiger partial charge in [0.15, 0.2) is 0 Å². The van der Waals surface area contributed by atoms with Crippen molar-refractivity contribution in [1.82, 2.24) is 15.3 Å². The molecule has 2 heterocycles. The lowest BCUT2D eigenvalue weighted by atomic mass is 9.92. The van der Waals surface area contributed by atoms with Gasteiger partial charge in [-0.3, -0.25) is 4.79 Å². The van der Waals surface area contributed by atoms with Crippen LogP contribution in [-0.4, -0.2) is 47.4 Å². The van der Waals surface area contributed by atoms with E-state index in [1.807, 2.05) is 4.90 Å². The Hall–Kier alpha value is -3.68. The van der Waals surface area contributed by atoms with Gasteiger partial charge in [0.05, 0.1) is 28.9 Å². The molecule has 0 spiro atoms. The molecule has 1 saturated carbocycles. The fraction of sp³-hybridized carbons (Fsp3) is 0.480. The van der Waals surface area contributed by atoms with E-state index >= 15 is 0 Å². The van der Waals surface area contributed by atoms with Crippen molar-refractivity contribution in [3.8, 4) is 11.8 Å². The fourth-order valence-corrected chi connectivity index (χ4v) is 4.55. The van der Waals surface area contributed by atoms with Gasteiger partial charge in [-0.2, -0.15) is 18.4 Å². The van der Waals surface area contributed by atoms with Crippen molar-refractivity contribution >= 4 is 18.1 Å². The lowest BCUT2D eigenvalue weighted by Gasteiger charge is -2.30. The Morgan fingerprint density at radius 2 is 1.78 bits per heavy atom. The molecule has 11 heteroatoms. The Morgan fingerprint density at radius 3 is 2.36 bits per heavy atom. The van der Waals surface area contributed by atoms with Gasteiger partial charge in [-0.25, -0.2) is 9.97 Å². The summed E-state index contributed by atoms with van der Waals surface area (Å²) in [6, 6.07) is 4.81. The number of nitriles is 1. The van der Waals surface area contributed by atoms with Crippen LogP contribution in [0.5, 0.6) is 5.75 Å². The van der Waals surface area contributed by atoms with Crippen LogP contribution in [0.25, 0.3) is 0 Å². The molecule has 1 amide bonds. The maximum absolute atomic E-state index is 13.2. The molecule has 2 aromatic rings. The standard InChI is InChI=1S/C25H26F3N5O3/c26-25(27,28)22-11-21(4-1-17(22)12-29)36-20-5-2-19(3-6-20)32-23(35)18-13-30-24(31-14-18)33-9-7-16(15-34)8-10-33/h1,4,11,13-16,19-20H,2-3,5-10H2,(H,32,35)/t19-,20-. The molecule has 1 saturated heterocycles. The number of alkyl halides is 3. The number of anilines is 1. The summed E-state index contributed by atoms with van der Waals surface area (Å²) < 4.78 is 45.3. The van der Waals surface area contributed by atoms with Crippen molar-refractivity contribution in [2.45, 2.75) is 56.8 Å². The second-order valence-corrected chi connectivity index (χ2v) is 9.11. The molecule has 1 N–H and O–H groups in total. The van der Waals surface area contributed by atoms with Crippen molar-refractivity contribution in [1.29, 1.82) is 5.26 Å². The number of piperidine rings is 1. The number of hydrogen-bond acceptors (Lipinski definition) is 7. The Balaban J connectivity index is 1.26. The largest absolute Gasteiger partial charge is 0.490 e. The summed E-state index contributed by atoms with van der Waals surface area (Å²) in [6.07, 6.45) is 2.93. The third-order valence-electron chi connectivity index (χ3n) is 6.64. The first kappa shape index (κ1) is 25.4. The zero-order valence-electron chi connectivity index (χ0n) is 19.5. The quantitative estimate of drug-likeness (QED) is 0.598. The van der Waals surface area contributed by atoms with E-state index in [9.17, 15) is 22.8 Å². The number of aldehydes is 1. The monoisotopic (exact) mass is 501 g/mol. The van der Waals surface area contributed by atoms with Crippen LogP contribution in [-0.2, 0) is 11.0 Å². The molecule has 2 aliphatic rings. The van der Waals surface area contributed by atoms with E-state index < -0.39 is 17.3 Å². The average Bonchev–Trinajstić information content (AvgIpc) is 2.89. The number of hydrogen-bond donors (Lipinski definition) is 1. The first-order valence-electron chi connectivity index (χ1n) is 11.9. The molecule has 4 rings (SSSR count). The Labute approximate surface area is 206 Å². The number of nitrogens with zero attached hydrogens (tertiary/aromatic N) is 4. The maximum Gasteiger partial charge on any atom is 0.417 e. The predicted octanol–water partition coefficient (Wildman–Crippen LogP) is 3.90. The van der Waals surface area contributed by atoms with Gasteiger partial charge < -0.3 is 19.7 Å². The van der Waals surface area contributed by atoms with E-state index in [-0.39, 0.29) is 29.7 Å². The minimum absolute atomic E-state index is 0.0708. The average molecular weight is 502 g/mol. The highest BCUT2D eigenvalue weighted by Gasteiger charge is 2.34. The molecule has 1 aliphatic carbocycles. The summed E-state index contributed by atoms with van der Waals surface area (Å²) in [4.78, 5) is 34.2. The van der Waals surface area contributed by atoms with Gasteiger partial charge in [-0.15, -0.1) is 0 Å². The normalized spacial score (nSPS) is 20.9. The van der Waals surface area contributed by atoms with E-state index in [2.05, 4.69) is 15.3 Å². The van der Waals surface area contributed by atoms with Gasteiger partial charge >= 0.3 is 6.18 Å². The van der Waals surface area contributed by atoms with E-state index in [0.717, 1.165) is 31.3 Å². The lowest BCUT2D eigenvalue weighted by molar-refractivity contribution is -0.138. The highest BCUT2D eigenvalue weighted by Crippen LogP contribution is 2.35. The molecule has 1 aromatic heterocycles. The summed E-state index contributed by atoms with van der Waals surface area (Å²) in [5, 5.41) is 11.9. The molecular formula is C25H26F3N5O3. The number of nitrogens with one attached hydrogen (secondary N) is 1. The van der Waals surface area contributed by atoms with Crippen LogP contribution in [0.2, 0.25) is 0 Å². The number of amides is 1. The third kappa shape index (κ3) is 6.11. The molecule has 0 radical (unpaired) electrons. The zero-order chi connectivity index (χ0) is 25.7. The number of aromatic nitrogens is 2. The lowest BCUT2D eigenvalue weighted by Crippen LogP contribution is -2.40. The van der Waals surface area contributed by atoms with Crippen molar-refractivity contribution in [2.24, 2.45) is 5.92 Å². The Kier molecular flexibility index (Phi) is 7.72. The SMILES string of the molecule is N#Cc1ccc(O[C@H]2CC[C@H](NC(=O)c3cnc(N4CCC(C=O)CC4)nc3)CC2)cc1C(F)(F)F. The van der Waals surface area contributed by atoms with E-state index in [4.69, 9.17) is 10.00 Å². The number of halogens is 3. The van der Waals surface area contributed by atoms with Gasteiger partial charge in [-0.1, -0.05) is 0 Å². The molecule has 190 valence electrons. The third-order valence-corrected chi connectivity index (χ3v) is 6.64. The second kappa shape index (κ2) is 10.9. The molecule has 1 aliphatic heterocycles. The van der Waals surface area contributed by atoms with Gasteiger partial charge in [0, 0.05) is 37.4 Å². The minimum atomic E-state index is -4.64. The van der Waals surface area contributed by atoms with Gasteiger partial charge in [0.1, 0.15) is 12.0 Å². The van der Waals surface area contributed by atoms with Crippen molar-refractivity contribution < 1.29 is 27.5 Å². The van der Waals surface area contributed by atoms with E-state index in [0.29, 0.717) is 50.3 Å². The van der Waals surface area contributed by atoms with Crippen molar-refractivity contribution in [3.63, 3.8) is 0 Å². The number of carbonyl (C=O) groups is 2. The summed E-state index contributed by atoms with van der Waals surface area (Å²) in [5.41, 5.74) is -1.11. The summed E-state index contributed by atoms with van der Waals surface area (Å²) in [6.45, 7) is 1.39.